The number of fused-ring (bicyclic) bond motifs is 2. The van der Waals surface area contributed by atoms with Gasteiger partial charge in [0, 0.05) is 18.3 Å². The highest BCUT2D eigenvalue weighted by Crippen LogP contribution is 2.35. The highest BCUT2D eigenvalue weighted by molar-refractivity contribution is 5.50. The molecule has 3 unspecified atom stereocenters. The van der Waals surface area contributed by atoms with Crippen LogP contribution in [0.2, 0.25) is 0 Å². The molecule has 0 aliphatic carbocycles. The van der Waals surface area contributed by atoms with E-state index >= 15 is 0 Å². The number of pyridine rings is 1. The van der Waals surface area contributed by atoms with Gasteiger partial charge in [0.1, 0.15) is 5.75 Å². The average Bonchev–Trinajstić information content (AvgIpc) is 3.01. The summed E-state index contributed by atoms with van der Waals surface area (Å²) in [5.41, 5.74) is 1.12. The highest BCUT2D eigenvalue weighted by Gasteiger charge is 2.37. The molecule has 1 aromatic heterocycles. The molecule has 0 radical (unpaired) electrons. The largest absolute Gasteiger partial charge is 0.489 e. The number of aromatic nitrogens is 1. The molecule has 1 N–H and O–H groups in total. The van der Waals surface area contributed by atoms with Gasteiger partial charge in [0.05, 0.1) is 12.3 Å². The average molecular weight is 272 g/mol. The molecule has 2 aliphatic heterocycles. The van der Waals surface area contributed by atoms with E-state index in [0.29, 0.717) is 0 Å². The van der Waals surface area contributed by atoms with Crippen LogP contribution < -0.4 is 10.1 Å². The number of nitrogens with one attached hydrogen (secondary N) is 1. The lowest BCUT2D eigenvalue weighted by atomic mass is 9.87. The minimum absolute atomic E-state index is 0.191. The molecule has 2 saturated heterocycles. The lowest BCUT2D eigenvalue weighted by Gasteiger charge is -2.17. The summed E-state index contributed by atoms with van der Waals surface area (Å²) in [7, 11) is 0. The van der Waals surface area contributed by atoms with Gasteiger partial charge < -0.3 is 10.1 Å². The monoisotopic (exact) mass is 272 g/mol. The summed E-state index contributed by atoms with van der Waals surface area (Å²) in [6, 6.07) is 3.61. The third-order valence-electron chi connectivity index (χ3n) is 4.29. The van der Waals surface area contributed by atoms with Crippen molar-refractivity contribution in [3.8, 4) is 5.75 Å². The van der Waals surface area contributed by atoms with Crippen molar-refractivity contribution in [1.29, 1.82) is 0 Å². The van der Waals surface area contributed by atoms with Crippen LogP contribution >= 0.6 is 0 Å². The molecule has 3 atom stereocenters. The van der Waals surface area contributed by atoms with Crippen molar-refractivity contribution in [2.45, 2.75) is 57.7 Å². The summed E-state index contributed by atoms with van der Waals surface area (Å²) in [6.45, 7) is 4.06. The molecule has 3 heteroatoms. The van der Waals surface area contributed by atoms with Gasteiger partial charge in [-0.15, -0.1) is 0 Å². The van der Waals surface area contributed by atoms with Gasteiger partial charge >= 0.3 is 0 Å². The first-order valence-electron chi connectivity index (χ1n) is 7.75. The summed E-state index contributed by atoms with van der Waals surface area (Å²) in [4.78, 5) is 4.24. The zero-order chi connectivity index (χ0) is 13.9. The second-order valence-corrected chi connectivity index (χ2v) is 6.30. The van der Waals surface area contributed by atoms with Crippen LogP contribution in [-0.2, 0) is 0 Å². The Bertz CT molecular complexity index is 484. The molecular weight excluding hydrogens is 248 g/mol. The summed E-state index contributed by atoms with van der Waals surface area (Å²) in [5.74, 6) is 1.68. The standard InChI is InChI=1S/C17H24N2O/c1-12(2)20-16-8-13(10-18-11-16)4-3-5-14-9-15-6-7-17(14)19-15/h3-4,8,10-12,14-15,17,19H,5-7,9H2,1-2H3. The third kappa shape index (κ3) is 3.21. The number of allylic oxidation sites excluding steroid dienone is 1. The van der Waals surface area contributed by atoms with Gasteiger partial charge in [0.2, 0.25) is 0 Å². The molecule has 2 aliphatic rings. The molecule has 3 heterocycles. The SMILES string of the molecule is CC(C)Oc1cncc(C=CCC2CC3CCC2N3)c1. The summed E-state index contributed by atoms with van der Waals surface area (Å²) < 4.78 is 5.67. The van der Waals surface area contributed by atoms with Gasteiger partial charge in [-0.1, -0.05) is 12.2 Å². The van der Waals surface area contributed by atoms with E-state index in [1.807, 2.05) is 20.0 Å². The molecule has 3 nitrogen and oxygen atoms in total. The fourth-order valence-electron chi connectivity index (χ4n) is 3.44. The second-order valence-electron chi connectivity index (χ2n) is 6.30. The minimum atomic E-state index is 0.191. The van der Waals surface area contributed by atoms with Crippen molar-refractivity contribution < 1.29 is 4.74 Å². The van der Waals surface area contributed by atoms with Crippen LogP contribution in [-0.4, -0.2) is 23.2 Å². The van der Waals surface area contributed by atoms with E-state index in [-0.39, 0.29) is 6.10 Å². The molecule has 0 saturated carbocycles. The van der Waals surface area contributed by atoms with Gasteiger partial charge in [-0.25, -0.2) is 0 Å². The lowest BCUT2D eigenvalue weighted by Crippen LogP contribution is -2.22. The van der Waals surface area contributed by atoms with Crippen LogP contribution in [0.4, 0.5) is 0 Å². The zero-order valence-corrected chi connectivity index (χ0v) is 12.4. The van der Waals surface area contributed by atoms with E-state index in [2.05, 4.69) is 28.5 Å². The maximum Gasteiger partial charge on any atom is 0.138 e. The van der Waals surface area contributed by atoms with Crippen LogP contribution in [0.1, 0.15) is 45.1 Å². The van der Waals surface area contributed by atoms with E-state index in [1.165, 1.54) is 25.7 Å². The summed E-state index contributed by atoms with van der Waals surface area (Å²) in [5, 5.41) is 3.69. The van der Waals surface area contributed by atoms with Crippen LogP contribution in [0.15, 0.2) is 24.5 Å². The molecule has 3 rings (SSSR count). The number of hydrogen-bond donors (Lipinski definition) is 1. The van der Waals surface area contributed by atoms with Crippen molar-refractivity contribution in [3.05, 3.63) is 30.1 Å². The molecule has 2 fully saturated rings. The number of nitrogens with zero attached hydrogens (tertiary/aromatic N) is 1. The van der Waals surface area contributed by atoms with Crippen LogP contribution in [0.3, 0.4) is 0 Å². The van der Waals surface area contributed by atoms with Crippen molar-refractivity contribution in [2.75, 3.05) is 0 Å². The molecule has 20 heavy (non-hydrogen) atoms. The van der Waals surface area contributed by atoms with Gasteiger partial charge in [0.15, 0.2) is 0 Å². The highest BCUT2D eigenvalue weighted by atomic mass is 16.5. The Kier molecular flexibility index (Phi) is 4.06. The molecule has 2 bridgehead atoms. The molecule has 0 amide bonds. The Balaban J connectivity index is 1.56. The molecule has 1 aromatic rings. The smallest absolute Gasteiger partial charge is 0.138 e. The van der Waals surface area contributed by atoms with E-state index in [9.17, 15) is 0 Å². The summed E-state index contributed by atoms with van der Waals surface area (Å²) in [6.07, 6.45) is 13.6. The van der Waals surface area contributed by atoms with Crippen LogP contribution in [0.5, 0.6) is 5.75 Å². The Morgan fingerprint density at radius 2 is 2.30 bits per heavy atom. The van der Waals surface area contributed by atoms with Gasteiger partial charge in [0.25, 0.3) is 0 Å². The molecule has 0 aromatic carbocycles. The van der Waals surface area contributed by atoms with Crippen molar-refractivity contribution >= 4 is 6.08 Å². The number of hydrogen-bond acceptors (Lipinski definition) is 3. The molecular formula is C17H24N2O. The Labute approximate surface area is 121 Å². The second kappa shape index (κ2) is 5.96. The fraction of sp³-hybridized carbons (Fsp3) is 0.588. The quantitative estimate of drug-likeness (QED) is 0.892. The molecule has 0 spiro atoms. The lowest BCUT2D eigenvalue weighted by molar-refractivity contribution is 0.241. The van der Waals surface area contributed by atoms with E-state index in [4.69, 9.17) is 4.74 Å². The Morgan fingerprint density at radius 1 is 1.40 bits per heavy atom. The van der Waals surface area contributed by atoms with Gasteiger partial charge in [-0.2, -0.15) is 0 Å². The number of ether oxygens (including phenoxy) is 1. The van der Waals surface area contributed by atoms with Crippen LogP contribution in [0.25, 0.3) is 6.08 Å². The van der Waals surface area contributed by atoms with Crippen LogP contribution in [0, 0.1) is 5.92 Å². The summed E-state index contributed by atoms with van der Waals surface area (Å²) >= 11 is 0. The predicted molar refractivity (Wildman–Crippen MR) is 81.7 cm³/mol. The topological polar surface area (TPSA) is 34.1 Å². The van der Waals surface area contributed by atoms with Crippen molar-refractivity contribution in [2.24, 2.45) is 5.92 Å². The van der Waals surface area contributed by atoms with Gasteiger partial charge in [-0.3, -0.25) is 4.98 Å². The van der Waals surface area contributed by atoms with E-state index < -0.39 is 0 Å². The molecule has 108 valence electrons. The maximum atomic E-state index is 5.67. The number of rotatable bonds is 5. The fourth-order valence-corrected chi connectivity index (χ4v) is 3.44. The van der Waals surface area contributed by atoms with Crippen molar-refractivity contribution in [1.82, 2.24) is 10.3 Å². The normalized spacial score (nSPS) is 28.6. The maximum absolute atomic E-state index is 5.67. The minimum Gasteiger partial charge on any atom is -0.489 e. The zero-order valence-electron chi connectivity index (χ0n) is 12.4. The first kappa shape index (κ1) is 13.6. The van der Waals surface area contributed by atoms with Crippen molar-refractivity contribution in [3.63, 3.8) is 0 Å². The first-order valence-corrected chi connectivity index (χ1v) is 7.75. The Morgan fingerprint density at radius 3 is 3.00 bits per heavy atom. The van der Waals surface area contributed by atoms with E-state index in [0.717, 1.165) is 29.3 Å². The Hall–Kier alpha value is -1.35. The van der Waals surface area contributed by atoms with Gasteiger partial charge in [-0.05, 0) is 57.1 Å². The third-order valence-corrected chi connectivity index (χ3v) is 4.29. The van der Waals surface area contributed by atoms with E-state index in [1.54, 1.807) is 6.20 Å². The predicted octanol–water partition coefficient (Wildman–Crippen LogP) is 3.41. The first-order chi connectivity index (χ1) is 9.70.